The van der Waals surface area contributed by atoms with Crippen LogP contribution in [0.25, 0.3) is 16.6 Å². The predicted octanol–water partition coefficient (Wildman–Crippen LogP) is 0.884. The first-order chi connectivity index (χ1) is 14.1. The number of rotatable bonds is 3. The van der Waals surface area contributed by atoms with Gasteiger partial charge in [-0.15, -0.1) is 0 Å². The van der Waals surface area contributed by atoms with Crippen molar-refractivity contribution in [3.8, 4) is 11.4 Å². The van der Waals surface area contributed by atoms with Crippen molar-refractivity contribution in [3.63, 3.8) is 0 Å². The molecule has 2 aromatic heterocycles. The molecule has 5 rings (SSSR count). The zero-order chi connectivity index (χ0) is 20.0. The molecule has 0 radical (unpaired) electrons. The van der Waals surface area contributed by atoms with Gasteiger partial charge in [-0.3, -0.25) is 14.1 Å². The Kier molecular flexibility index (Phi) is 3.76. The molecule has 0 saturated carbocycles. The fourth-order valence-electron chi connectivity index (χ4n) is 3.18. The first-order valence-corrected chi connectivity index (χ1v) is 8.71. The number of hydrogen-bond donors (Lipinski definition) is 2. The van der Waals surface area contributed by atoms with Gasteiger partial charge in [0.25, 0.3) is 11.5 Å². The number of carbonyl (C=O) groups excluding carboxylic acids is 1. The summed E-state index contributed by atoms with van der Waals surface area (Å²) in [6.07, 6.45) is 0. The largest absolute Gasteiger partial charge is 0.483 e. The highest BCUT2D eigenvalue weighted by Gasteiger charge is 2.22. The van der Waals surface area contributed by atoms with Crippen molar-refractivity contribution in [2.24, 2.45) is 0 Å². The second kappa shape index (κ2) is 6.44. The van der Waals surface area contributed by atoms with Crippen LogP contribution in [0.1, 0.15) is 22.0 Å². The van der Waals surface area contributed by atoms with E-state index in [2.05, 4.69) is 25.0 Å². The number of carbonyl (C=O) groups is 1. The van der Waals surface area contributed by atoms with E-state index in [1.54, 1.807) is 42.5 Å². The monoisotopic (exact) mass is 391 g/mol. The van der Waals surface area contributed by atoms with Crippen LogP contribution in [0.4, 0.5) is 0 Å². The van der Waals surface area contributed by atoms with Crippen LogP contribution in [0.2, 0.25) is 0 Å². The van der Waals surface area contributed by atoms with Crippen LogP contribution in [0.5, 0.6) is 5.75 Å². The van der Waals surface area contributed by atoms with Crippen molar-refractivity contribution in [3.05, 3.63) is 80.6 Å². The van der Waals surface area contributed by atoms with Gasteiger partial charge in [0, 0.05) is 6.54 Å². The number of ether oxygens (including phenoxy) is 1. The SMILES string of the molecule is O=C(NCc1ccc2c(c1)-n1c(noc1=O)CO2)c1nc2ccccc2c(=O)[nH]1. The van der Waals surface area contributed by atoms with E-state index in [1.165, 1.54) is 4.57 Å². The van der Waals surface area contributed by atoms with Gasteiger partial charge in [-0.05, 0) is 29.8 Å². The van der Waals surface area contributed by atoms with Gasteiger partial charge < -0.3 is 15.0 Å². The van der Waals surface area contributed by atoms with Crippen molar-refractivity contribution in [1.82, 2.24) is 25.0 Å². The Labute approximate surface area is 161 Å². The van der Waals surface area contributed by atoms with Crippen LogP contribution in [0.3, 0.4) is 0 Å². The number of aromatic amines is 1. The van der Waals surface area contributed by atoms with E-state index in [0.29, 0.717) is 33.7 Å². The summed E-state index contributed by atoms with van der Waals surface area (Å²) in [6, 6.07) is 11.9. The minimum Gasteiger partial charge on any atom is -0.483 e. The molecular formula is C19H13N5O5. The number of H-pyrrole nitrogens is 1. The van der Waals surface area contributed by atoms with Crippen molar-refractivity contribution < 1.29 is 14.1 Å². The Balaban J connectivity index is 1.40. The third kappa shape index (κ3) is 2.87. The minimum atomic E-state index is -0.608. The number of amides is 1. The molecule has 1 amide bonds. The third-order valence-electron chi connectivity index (χ3n) is 4.57. The van der Waals surface area contributed by atoms with E-state index in [1.807, 2.05) is 0 Å². The lowest BCUT2D eigenvalue weighted by Crippen LogP contribution is -2.28. The number of hydrogen-bond acceptors (Lipinski definition) is 7. The molecular weight excluding hydrogens is 378 g/mol. The lowest BCUT2D eigenvalue weighted by Gasteiger charge is -2.18. The van der Waals surface area contributed by atoms with Crippen molar-refractivity contribution >= 4 is 16.8 Å². The molecule has 4 aromatic rings. The van der Waals surface area contributed by atoms with Gasteiger partial charge >= 0.3 is 5.76 Å². The molecule has 0 spiro atoms. The standard InChI is InChI=1S/C19H13N5O5/c25-17-11-3-1-2-4-12(11)21-16(22-17)18(26)20-8-10-5-6-14-13(7-10)24-15(9-28-14)23-29-19(24)27/h1-7H,8-9H2,(H,20,26)(H,21,22,25). The summed E-state index contributed by atoms with van der Waals surface area (Å²) in [5, 5.41) is 6.79. The van der Waals surface area contributed by atoms with Gasteiger partial charge in [-0.25, -0.2) is 14.3 Å². The van der Waals surface area contributed by atoms with Crippen LogP contribution in [-0.4, -0.2) is 25.6 Å². The minimum absolute atomic E-state index is 0.0764. The molecule has 0 bridgehead atoms. The molecule has 0 fully saturated rings. The van der Waals surface area contributed by atoms with Crippen LogP contribution >= 0.6 is 0 Å². The molecule has 0 unspecified atom stereocenters. The number of nitrogens with one attached hydrogen (secondary N) is 2. The fraction of sp³-hybridized carbons (Fsp3) is 0.105. The second-order valence-electron chi connectivity index (χ2n) is 6.41. The molecule has 3 heterocycles. The molecule has 10 heteroatoms. The Bertz CT molecular complexity index is 1380. The summed E-state index contributed by atoms with van der Waals surface area (Å²) in [5.41, 5.74) is 1.25. The quantitative estimate of drug-likeness (QED) is 0.530. The van der Waals surface area contributed by atoms with E-state index >= 15 is 0 Å². The van der Waals surface area contributed by atoms with Gasteiger partial charge in [0.15, 0.2) is 18.3 Å². The first kappa shape index (κ1) is 16.9. The van der Waals surface area contributed by atoms with Crippen LogP contribution in [0.15, 0.2) is 56.6 Å². The van der Waals surface area contributed by atoms with Gasteiger partial charge in [0.2, 0.25) is 0 Å². The topological polar surface area (TPSA) is 132 Å². The molecule has 0 atom stereocenters. The summed E-state index contributed by atoms with van der Waals surface area (Å²) in [5.74, 6) is -0.333. The maximum Gasteiger partial charge on any atom is 0.446 e. The van der Waals surface area contributed by atoms with E-state index in [9.17, 15) is 14.4 Å². The highest BCUT2D eigenvalue weighted by molar-refractivity contribution is 5.92. The average Bonchev–Trinajstić information content (AvgIpc) is 3.13. The van der Waals surface area contributed by atoms with Gasteiger partial charge in [0.05, 0.1) is 16.6 Å². The summed E-state index contributed by atoms with van der Waals surface area (Å²) in [4.78, 5) is 43.2. The zero-order valence-corrected chi connectivity index (χ0v) is 14.8. The molecule has 0 saturated heterocycles. The molecule has 144 valence electrons. The number of fused-ring (bicyclic) bond motifs is 4. The van der Waals surface area contributed by atoms with Gasteiger partial charge in [0.1, 0.15) is 5.75 Å². The Hall–Kier alpha value is -4.21. The summed E-state index contributed by atoms with van der Waals surface area (Å²) in [6.45, 7) is 0.286. The highest BCUT2D eigenvalue weighted by atomic mass is 16.5. The van der Waals surface area contributed by atoms with Crippen LogP contribution in [-0.2, 0) is 13.2 Å². The van der Waals surface area contributed by atoms with E-state index in [4.69, 9.17) is 4.74 Å². The molecule has 1 aliphatic rings. The Morgan fingerprint density at radius 1 is 1.21 bits per heavy atom. The smallest absolute Gasteiger partial charge is 0.446 e. The molecule has 1 aliphatic heterocycles. The molecule has 2 N–H and O–H groups in total. The van der Waals surface area contributed by atoms with E-state index < -0.39 is 11.7 Å². The molecule has 0 aliphatic carbocycles. The normalized spacial score (nSPS) is 12.1. The zero-order valence-electron chi connectivity index (χ0n) is 14.8. The molecule has 10 nitrogen and oxygen atoms in total. The van der Waals surface area contributed by atoms with Crippen molar-refractivity contribution in [1.29, 1.82) is 0 Å². The van der Waals surface area contributed by atoms with Crippen LogP contribution < -0.4 is 21.4 Å². The highest BCUT2D eigenvalue weighted by Crippen LogP contribution is 2.28. The van der Waals surface area contributed by atoms with Crippen molar-refractivity contribution in [2.75, 3.05) is 0 Å². The Morgan fingerprint density at radius 2 is 2.07 bits per heavy atom. The van der Waals surface area contributed by atoms with Crippen LogP contribution in [0, 0.1) is 0 Å². The lowest BCUT2D eigenvalue weighted by atomic mass is 10.1. The van der Waals surface area contributed by atoms with Gasteiger partial charge in [-0.1, -0.05) is 23.4 Å². The Morgan fingerprint density at radius 3 is 2.97 bits per heavy atom. The van der Waals surface area contributed by atoms with Gasteiger partial charge in [-0.2, -0.15) is 0 Å². The number of benzene rings is 2. The third-order valence-corrected chi connectivity index (χ3v) is 4.57. The number of para-hydroxylation sites is 1. The average molecular weight is 391 g/mol. The lowest BCUT2D eigenvalue weighted by molar-refractivity contribution is 0.0940. The predicted molar refractivity (Wildman–Crippen MR) is 100.0 cm³/mol. The van der Waals surface area contributed by atoms with E-state index in [0.717, 1.165) is 0 Å². The van der Waals surface area contributed by atoms with E-state index in [-0.39, 0.29) is 24.5 Å². The maximum absolute atomic E-state index is 12.5. The summed E-state index contributed by atoms with van der Waals surface area (Å²) < 4.78 is 11.6. The first-order valence-electron chi connectivity index (χ1n) is 8.71. The summed E-state index contributed by atoms with van der Waals surface area (Å²) in [7, 11) is 0. The summed E-state index contributed by atoms with van der Waals surface area (Å²) >= 11 is 0. The second-order valence-corrected chi connectivity index (χ2v) is 6.41. The molecule has 2 aromatic carbocycles. The maximum atomic E-state index is 12.5. The number of aromatic nitrogens is 4. The fourth-order valence-corrected chi connectivity index (χ4v) is 3.18. The van der Waals surface area contributed by atoms with Crippen molar-refractivity contribution in [2.45, 2.75) is 13.2 Å². The number of nitrogens with zero attached hydrogens (tertiary/aromatic N) is 3. The molecule has 29 heavy (non-hydrogen) atoms.